The minimum absolute atomic E-state index is 0.203. The Labute approximate surface area is 120 Å². The van der Waals surface area contributed by atoms with E-state index in [-0.39, 0.29) is 12.3 Å². The molecule has 0 saturated heterocycles. The van der Waals surface area contributed by atoms with Gasteiger partial charge >= 0.3 is 0 Å². The largest absolute Gasteiger partial charge is 0.366 e. The number of primary amides is 1. The maximum Gasteiger partial charge on any atom is 0.249 e. The van der Waals surface area contributed by atoms with Crippen molar-refractivity contribution in [2.24, 2.45) is 5.73 Å². The van der Waals surface area contributed by atoms with Crippen LogP contribution in [0, 0.1) is 0 Å². The summed E-state index contributed by atoms with van der Waals surface area (Å²) in [5.41, 5.74) is 6.31. The number of anilines is 1. The van der Waals surface area contributed by atoms with Crippen molar-refractivity contribution in [1.82, 2.24) is 9.97 Å². The number of H-pyrrole nitrogens is 1. The molecular weight excluding hydrogens is 280 g/mol. The van der Waals surface area contributed by atoms with Gasteiger partial charge in [0.25, 0.3) is 0 Å². The molecule has 2 aromatic rings. The number of hydrogen-bond acceptors (Lipinski definition) is 3. The fourth-order valence-electron chi connectivity index (χ4n) is 1.77. The zero-order valence-electron chi connectivity index (χ0n) is 10.5. The van der Waals surface area contributed by atoms with Crippen LogP contribution in [0.25, 0.3) is 0 Å². The van der Waals surface area contributed by atoms with Gasteiger partial charge in [-0.05, 0) is 24.1 Å². The number of aromatic amines is 1. The summed E-state index contributed by atoms with van der Waals surface area (Å²) in [5, 5.41) is 3.04. The van der Waals surface area contributed by atoms with Gasteiger partial charge in [-0.15, -0.1) is 0 Å². The van der Waals surface area contributed by atoms with Gasteiger partial charge in [-0.25, -0.2) is 4.98 Å². The number of nitrogens with one attached hydrogen (secondary N) is 2. The Morgan fingerprint density at radius 1 is 1.40 bits per heavy atom. The molecule has 4 N–H and O–H groups in total. The lowest BCUT2D eigenvalue weighted by Crippen LogP contribution is -2.16. The van der Waals surface area contributed by atoms with E-state index in [1.807, 2.05) is 0 Å². The molecule has 2 amide bonds. The summed E-state index contributed by atoms with van der Waals surface area (Å²) in [7, 11) is 0. The number of rotatable bonds is 5. The van der Waals surface area contributed by atoms with Gasteiger partial charge in [-0.3, -0.25) is 14.9 Å². The summed E-state index contributed by atoms with van der Waals surface area (Å²) in [6.07, 6.45) is 3.75. The maximum absolute atomic E-state index is 11.7. The predicted octanol–water partition coefficient (Wildman–Crippen LogP) is 1.73. The second-order valence-corrected chi connectivity index (χ2v) is 4.59. The number of carbonyl (C=O) groups excluding carboxylic acids is 2. The summed E-state index contributed by atoms with van der Waals surface area (Å²) in [5.74, 6) is -0.375. The molecule has 7 heteroatoms. The van der Waals surface area contributed by atoms with E-state index in [1.165, 1.54) is 6.07 Å². The Kier molecular flexibility index (Phi) is 4.37. The molecule has 0 aliphatic rings. The zero-order valence-corrected chi connectivity index (χ0v) is 11.3. The molecule has 1 aromatic carbocycles. The molecular formula is C13H13ClN4O2. The molecule has 2 rings (SSSR count). The lowest BCUT2D eigenvalue weighted by atomic mass is 10.0. The number of benzene rings is 1. The zero-order chi connectivity index (χ0) is 14.5. The number of carbonyl (C=O) groups is 2. The van der Waals surface area contributed by atoms with Crippen LogP contribution in [0.1, 0.15) is 22.3 Å². The van der Waals surface area contributed by atoms with Crippen molar-refractivity contribution in [3.05, 3.63) is 46.7 Å². The molecule has 0 saturated carbocycles. The SMILES string of the molecule is NC(=O)c1cc(Cl)ccc1CCC(=O)Nc1ncc[nH]1. The first-order valence-corrected chi connectivity index (χ1v) is 6.31. The molecule has 1 aromatic heterocycles. The van der Waals surface area contributed by atoms with Crippen molar-refractivity contribution < 1.29 is 9.59 Å². The van der Waals surface area contributed by atoms with Crippen LogP contribution in [0.2, 0.25) is 5.02 Å². The van der Waals surface area contributed by atoms with E-state index in [4.69, 9.17) is 17.3 Å². The molecule has 0 bridgehead atoms. The van der Waals surface area contributed by atoms with Crippen molar-refractivity contribution >= 4 is 29.4 Å². The average molecular weight is 293 g/mol. The second-order valence-electron chi connectivity index (χ2n) is 4.15. The summed E-state index contributed by atoms with van der Waals surface area (Å²) < 4.78 is 0. The summed E-state index contributed by atoms with van der Waals surface area (Å²) in [6.45, 7) is 0. The molecule has 0 unspecified atom stereocenters. The van der Waals surface area contributed by atoms with E-state index in [0.29, 0.717) is 28.5 Å². The minimum atomic E-state index is -0.561. The maximum atomic E-state index is 11.7. The van der Waals surface area contributed by atoms with Crippen molar-refractivity contribution in [2.75, 3.05) is 5.32 Å². The highest BCUT2D eigenvalue weighted by Crippen LogP contribution is 2.17. The Balaban J connectivity index is 2.00. The predicted molar refractivity (Wildman–Crippen MR) is 75.5 cm³/mol. The molecule has 0 fully saturated rings. The van der Waals surface area contributed by atoms with Gasteiger partial charge in [0.2, 0.25) is 17.8 Å². The van der Waals surface area contributed by atoms with E-state index in [9.17, 15) is 9.59 Å². The third-order valence-corrected chi connectivity index (χ3v) is 2.95. The van der Waals surface area contributed by atoms with Gasteiger partial charge in [-0.2, -0.15) is 0 Å². The van der Waals surface area contributed by atoms with Crippen LogP contribution in [-0.4, -0.2) is 21.8 Å². The van der Waals surface area contributed by atoms with E-state index < -0.39 is 5.91 Å². The number of aromatic nitrogens is 2. The normalized spacial score (nSPS) is 10.2. The highest BCUT2D eigenvalue weighted by molar-refractivity contribution is 6.31. The van der Waals surface area contributed by atoms with Crippen LogP contribution >= 0.6 is 11.6 Å². The van der Waals surface area contributed by atoms with Crippen LogP contribution in [-0.2, 0) is 11.2 Å². The average Bonchev–Trinajstić information content (AvgIpc) is 2.90. The summed E-state index contributed by atoms with van der Waals surface area (Å²) in [6, 6.07) is 4.86. The Morgan fingerprint density at radius 3 is 2.85 bits per heavy atom. The standard InChI is InChI=1S/C13H13ClN4O2/c14-9-3-1-8(10(7-9)12(15)20)2-4-11(19)18-13-16-5-6-17-13/h1,3,5-7H,2,4H2,(H2,15,20)(H2,16,17,18,19). The first-order chi connectivity index (χ1) is 9.56. The molecule has 6 nitrogen and oxygen atoms in total. The third-order valence-electron chi connectivity index (χ3n) is 2.71. The van der Waals surface area contributed by atoms with Gasteiger partial charge in [0.15, 0.2) is 0 Å². The van der Waals surface area contributed by atoms with Gasteiger partial charge < -0.3 is 10.7 Å². The molecule has 0 spiro atoms. The number of nitrogens with two attached hydrogens (primary N) is 1. The van der Waals surface area contributed by atoms with Crippen molar-refractivity contribution in [3.8, 4) is 0 Å². The fraction of sp³-hybridized carbons (Fsp3) is 0.154. The molecule has 0 radical (unpaired) electrons. The van der Waals surface area contributed by atoms with Crippen LogP contribution in [0.4, 0.5) is 5.95 Å². The van der Waals surface area contributed by atoms with Crippen LogP contribution in [0.15, 0.2) is 30.6 Å². The fourth-order valence-corrected chi connectivity index (χ4v) is 1.94. The van der Waals surface area contributed by atoms with Gasteiger partial charge in [-0.1, -0.05) is 17.7 Å². The number of aryl methyl sites for hydroxylation is 1. The van der Waals surface area contributed by atoms with Gasteiger partial charge in [0.05, 0.1) is 0 Å². The van der Waals surface area contributed by atoms with Crippen molar-refractivity contribution in [2.45, 2.75) is 12.8 Å². The number of hydrogen-bond donors (Lipinski definition) is 3. The van der Waals surface area contributed by atoms with Gasteiger partial charge in [0, 0.05) is 29.4 Å². The highest BCUT2D eigenvalue weighted by Gasteiger charge is 2.11. The molecule has 104 valence electrons. The molecule has 20 heavy (non-hydrogen) atoms. The molecule has 0 atom stereocenters. The lowest BCUT2D eigenvalue weighted by Gasteiger charge is -2.07. The van der Waals surface area contributed by atoms with Crippen molar-refractivity contribution in [1.29, 1.82) is 0 Å². The topological polar surface area (TPSA) is 101 Å². The number of nitrogens with zero attached hydrogens (tertiary/aromatic N) is 1. The van der Waals surface area contributed by atoms with Crippen LogP contribution < -0.4 is 11.1 Å². The molecule has 0 aliphatic heterocycles. The first kappa shape index (κ1) is 14.1. The monoisotopic (exact) mass is 292 g/mol. The number of halogens is 1. The number of amides is 2. The van der Waals surface area contributed by atoms with Crippen LogP contribution in [0.5, 0.6) is 0 Å². The van der Waals surface area contributed by atoms with E-state index in [2.05, 4.69) is 15.3 Å². The van der Waals surface area contributed by atoms with Crippen LogP contribution in [0.3, 0.4) is 0 Å². The summed E-state index contributed by atoms with van der Waals surface area (Å²) >= 11 is 5.82. The minimum Gasteiger partial charge on any atom is -0.366 e. The smallest absolute Gasteiger partial charge is 0.249 e. The Morgan fingerprint density at radius 2 is 2.20 bits per heavy atom. The van der Waals surface area contributed by atoms with Gasteiger partial charge in [0.1, 0.15) is 0 Å². The first-order valence-electron chi connectivity index (χ1n) is 5.93. The lowest BCUT2D eigenvalue weighted by molar-refractivity contribution is -0.116. The number of imidazole rings is 1. The van der Waals surface area contributed by atoms with E-state index >= 15 is 0 Å². The quantitative estimate of drug-likeness (QED) is 0.782. The van der Waals surface area contributed by atoms with E-state index in [1.54, 1.807) is 24.5 Å². The van der Waals surface area contributed by atoms with E-state index in [0.717, 1.165) is 0 Å². The second kappa shape index (κ2) is 6.21. The van der Waals surface area contributed by atoms with Crippen molar-refractivity contribution in [3.63, 3.8) is 0 Å². The Bertz CT molecular complexity index is 625. The third kappa shape index (κ3) is 3.58. The summed E-state index contributed by atoms with van der Waals surface area (Å²) in [4.78, 5) is 29.7. The molecule has 0 aliphatic carbocycles. The highest BCUT2D eigenvalue weighted by atomic mass is 35.5. The molecule has 1 heterocycles. The Hall–Kier alpha value is -2.34.